The standard InChI is InChI=1S/C20H26N4O4/c1-20(2,3)28-19(27)23-10-4-5-14(11-23)24-12-16(18(21)26)17(22-24)13-6-8-15(25)9-7-13/h6-9,12,14,25H,4-5,10-11H2,1-3H3,(H2,21,26)/t14-/m1/s1. The number of piperidine rings is 1. The smallest absolute Gasteiger partial charge is 0.410 e. The molecule has 1 aliphatic rings. The van der Waals surface area contributed by atoms with Crippen LogP contribution in [0.5, 0.6) is 5.75 Å². The fraction of sp³-hybridized carbons (Fsp3) is 0.450. The number of carbonyl (C=O) groups excluding carboxylic acids is 2. The molecule has 3 N–H and O–H groups in total. The number of phenols is 1. The minimum atomic E-state index is -0.575. The lowest BCUT2D eigenvalue weighted by molar-refractivity contribution is 0.0167. The summed E-state index contributed by atoms with van der Waals surface area (Å²) in [5, 5.41) is 14.1. The Labute approximate surface area is 163 Å². The summed E-state index contributed by atoms with van der Waals surface area (Å²) in [7, 11) is 0. The van der Waals surface area contributed by atoms with Gasteiger partial charge in [-0.05, 0) is 57.9 Å². The van der Waals surface area contributed by atoms with Crippen molar-refractivity contribution in [3.63, 3.8) is 0 Å². The Morgan fingerprint density at radius 1 is 1.25 bits per heavy atom. The largest absolute Gasteiger partial charge is 0.508 e. The number of phenolic OH excluding ortho intramolecular Hbond substituents is 1. The SMILES string of the molecule is CC(C)(C)OC(=O)N1CCC[C@@H](n2cc(C(N)=O)c(-c3ccc(O)cc3)n2)C1. The number of carbonyl (C=O) groups is 2. The van der Waals surface area contributed by atoms with E-state index in [1.54, 1.807) is 27.9 Å². The molecule has 28 heavy (non-hydrogen) atoms. The predicted molar refractivity (Wildman–Crippen MR) is 104 cm³/mol. The van der Waals surface area contributed by atoms with Crippen LogP contribution in [0, 0.1) is 0 Å². The van der Waals surface area contributed by atoms with Crippen molar-refractivity contribution < 1.29 is 19.4 Å². The van der Waals surface area contributed by atoms with E-state index >= 15 is 0 Å². The minimum absolute atomic E-state index is 0.0785. The highest BCUT2D eigenvalue weighted by Gasteiger charge is 2.30. The molecule has 8 heteroatoms. The topological polar surface area (TPSA) is 111 Å². The maximum absolute atomic E-state index is 12.4. The van der Waals surface area contributed by atoms with Crippen molar-refractivity contribution in [2.75, 3.05) is 13.1 Å². The summed E-state index contributed by atoms with van der Waals surface area (Å²) in [5.41, 5.74) is 6.44. The molecule has 1 fully saturated rings. The van der Waals surface area contributed by atoms with Gasteiger partial charge in [0, 0.05) is 24.8 Å². The number of hydrogen-bond acceptors (Lipinski definition) is 5. The highest BCUT2D eigenvalue weighted by Crippen LogP contribution is 2.28. The molecule has 0 saturated carbocycles. The first-order valence-corrected chi connectivity index (χ1v) is 9.30. The molecule has 1 atom stereocenters. The first-order chi connectivity index (χ1) is 13.1. The predicted octanol–water partition coefficient (Wildman–Crippen LogP) is 2.93. The number of aromatic nitrogens is 2. The average Bonchev–Trinajstić information content (AvgIpc) is 3.07. The Balaban J connectivity index is 1.85. The van der Waals surface area contributed by atoms with Gasteiger partial charge in [-0.3, -0.25) is 9.48 Å². The molecule has 0 aliphatic carbocycles. The molecule has 1 aliphatic heterocycles. The number of nitrogens with zero attached hydrogens (tertiary/aromatic N) is 3. The molecular weight excluding hydrogens is 360 g/mol. The van der Waals surface area contributed by atoms with E-state index in [1.165, 1.54) is 12.1 Å². The first-order valence-electron chi connectivity index (χ1n) is 9.30. The van der Waals surface area contributed by atoms with Gasteiger partial charge in [-0.25, -0.2) is 4.79 Å². The van der Waals surface area contributed by atoms with Gasteiger partial charge in [0.25, 0.3) is 5.91 Å². The minimum Gasteiger partial charge on any atom is -0.508 e. The van der Waals surface area contributed by atoms with E-state index in [0.717, 1.165) is 12.8 Å². The van der Waals surface area contributed by atoms with Gasteiger partial charge in [0.2, 0.25) is 0 Å². The number of likely N-dealkylation sites (tertiary alicyclic amines) is 1. The van der Waals surface area contributed by atoms with Crippen LogP contribution in [0.2, 0.25) is 0 Å². The van der Waals surface area contributed by atoms with Crippen molar-refractivity contribution in [1.29, 1.82) is 0 Å². The third kappa shape index (κ3) is 4.44. The molecule has 2 heterocycles. The summed E-state index contributed by atoms with van der Waals surface area (Å²) >= 11 is 0. The van der Waals surface area contributed by atoms with Crippen LogP contribution in [0.4, 0.5) is 4.79 Å². The van der Waals surface area contributed by atoms with E-state index in [-0.39, 0.29) is 17.9 Å². The number of aromatic hydroxyl groups is 1. The van der Waals surface area contributed by atoms with E-state index in [2.05, 4.69) is 5.10 Å². The second-order valence-electron chi connectivity index (χ2n) is 8.00. The summed E-state index contributed by atoms with van der Waals surface area (Å²) in [5.74, 6) is -0.446. The molecule has 8 nitrogen and oxygen atoms in total. The van der Waals surface area contributed by atoms with Crippen molar-refractivity contribution >= 4 is 12.0 Å². The van der Waals surface area contributed by atoms with Crippen LogP contribution < -0.4 is 5.73 Å². The summed E-state index contributed by atoms with van der Waals surface area (Å²) < 4.78 is 7.18. The third-order valence-corrected chi connectivity index (χ3v) is 4.56. The van der Waals surface area contributed by atoms with E-state index in [9.17, 15) is 14.7 Å². The fourth-order valence-electron chi connectivity index (χ4n) is 3.25. The van der Waals surface area contributed by atoms with E-state index in [1.807, 2.05) is 20.8 Å². The molecule has 1 aromatic heterocycles. The molecule has 0 radical (unpaired) electrons. The van der Waals surface area contributed by atoms with Crippen molar-refractivity contribution in [2.24, 2.45) is 5.73 Å². The Morgan fingerprint density at radius 3 is 2.54 bits per heavy atom. The highest BCUT2D eigenvalue weighted by molar-refractivity contribution is 5.98. The van der Waals surface area contributed by atoms with Crippen molar-refractivity contribution in [3.8, 4) is 17.0 Å². The van der Waals surface area contributed by atoms with Gasteiger partial charge < -0.3 is 20.5 Å². The van der Waals surface area contributed by atoms with Crippen LogP contribution in [0.1, 0.15) is 50.0 Å². The van der Waals surface area contributed by atoms with Gasteiger partial charge in [0.1, 0.15) is 17.0 Å². The Morgan fingerprint density at radius 2 is 1.93 bits per heavy atom. The molecule has 2 aromatic rings. The van der Waals surface area contributed by atoms with Gasteiger partial charge in [-0.15, -0.1) is 0 Å². The molecule has 3 rings (SSSR count). The highest BCUT2D eigenvalue weighted by atomic mass is 16.6. The second-order valence-corrected chi connectivity index (χ2v) is 8.00. The van der Waals surface area contributed by atoms with Crippen LogP contribution in [0.15, 0.2) is 30.5 Å². The number of benzene rings is 1. The maximum atomic E-state index is 12.4. The second kappa shape index (κ2) is 7.53. The van der Waals surface area contributed by atoms with Gasteiger partial charge >= 0.3 is 6.09 Å². The number of rotatable bonds is 3. The third-order valence-electron chi connectivity index (χ3n) is 4.56. The fourth-order valence-corrected chi connectivity index (χ4v) is 3.25. The van der Waals surface area contributed by atoms with Crippen molar-refractivity contribution in [1.82, 2.24) is 14.7 Å². The Kier molecular flexibility index (Phi) is 5.31. The Bertz CT molecular complexity index is 867. The van der Waals surface area contributed by atoms with E-state index in [4.69, 9.17) is 10.5 Å². The van der Waals surface area contributed by atoms with Gasteiger partial charge in [0.15, 0.2) is 0 Å². The van der Waals surface area contributed by atoms with E-state index < -0.39 is 11.5 Å². The average molecular weight is 386 g/mol. The van der Waals surface area contributed by atoms with Crippen LogP contribution in [0.25, 0.3) is 11.3 Å². The molecule has 1 saturated heterocycles. The van der Waals surface area contributed by atoms with Crippen LogP contribution in [-0.2, 0) is 4.74 Å². The van der Waals surface area contributed by atoms with Crippen LogP contribution in [-0.4, -0.2) is 50.5 Å². The number of hydrogen-bond donors (Lipinski definition) is 2. The molecule has 0 spiro atoms. The number of ether oxygens (including phenoxy) is 1. The zero-order valence-electron chi connectivity index (χ0n) is 16.4. The maximum Gasteiger partial charge on any atom is 0.410 e. The van der Waals surface area contributed by atoms with Gasteiger partial charge in [-0.1, -0.05) is 0 Å². The summed E-state index contributed by atoms with van der Waals surface area (Å²) in [6, 6.07) is 6.35. The molecule has 2 amide bonds. The molecule has 1 aromatic carbocycles. The molecular formula is C20H26N4O4. The first kappa shape index (κ1) is 19.7. The molecule has 0 unspecified atom stereocenters. The zero-order chi connectivity index (χ0) is 20.5. The van der Waals surface area contributed by atoms with Crippen molar-refractivity contribution in [3.05, 3.63) is 36.0 Å². The summed E-state index contributed by atoms with van der Waals surface area (Å²) in [6.07, 6.45) is 2.92. The molecule has 150 valence electrons. The lowest BCUT2D eigenvalue weighted by Crippen LogP contribution is -2.43. The van der Waals surface area contributed by atoms with E-state index in [0.29, 0.717) is 29.9 Å². The van der Waals surface area contributed by atoms with Crippen molar-refractivity contribution in [2.45, 2.75) is 45.3 Å². The monoisotopic (exact) mass is 386 g/mol. The number of amides is 2. The van der Waals surface area contributed by atoms with Crippen LogP contribution in [0.3, 0.4) is 0 Å². The van der Waals surface area contributed by atoms with Gasteiger partial charge in [0.05, 0.1) is 11.6 Å². The lowest BCUT2D eigenvalue weighted by Gasteiger charge is -2.34. The lowest BCUT2D eigenvalue weighted by atomic mass is 10.1. The molecule has 0 bridgehead atoms. The number of nitrogens with two attached hydrogens (primary N) is 1. The number of primary amides is 1. The summed E-state index contributed by atoms with van der Waals surface area (Å²) in [4.78, 5) is 26.0. The van der Waals surface area contributed by atoms with Crippen LogP contribution >= 0.6 is 0 Å². The quantitative estimate of drug-likeness (QED) is 0.843. The zero-order valence-corrected chi connectivity index (χ0v) is 16.4. The Hall–Kier alpha value is -3.03. The normalized spacial score (nSPS) is 17.4. The summed E-state index contributed by atoms with van der Waals surface area (Å²) in [6.45, 7) is 6.58. The van der Waals surface area contributed by atoms with Gasteiger partial charge in [-0.2, -0.15) is 5.10 Å².